The van der Waals surface area contributed by atoms with Crippen molar-refractivity contribution in [1.29, 1.82) is 0 Å². The van der Waals surface area contributed by atoms with Gasteiger partial charge >= 0.3 is 6.03 Å². The average Bonchev–Trinajstić information content (AvgIpc) is 2.60. The Morgan fingerprint density at radius 2 is 1.88 bits per heavy atom. The number of amides is 2. The van der Waals surface area contributed by atoms with Crippen molar-refractivity contribution >= 4 is 11.8 Å². The molecule has 1 aromatic rings. The zero-order valence-corrected chi connectivity index (χ0v) is 16.8. The Balaban J connectivity index is 1.79. The van der Waals surface area contributed by atoms with E-state index >= 15 is 0 Å². The van der Waals surface area contributed by atoms with E-state index in [9.17, 15) is 4.79 Å². The molecule has 0 saturated carbocycles. The summed E-state index contributed by atoms with van der Waals surface area (Å²) in [4.78, 5) is 25.5. The summed E-state index contributed by atoms with van der Waals surface area (Å²) in [5.41, 5.74) is 0.986. The summed E-state index contributed by atoms with van der Waals surface area (Å²) < 4.78 is 5.49. The van der Waals surface area contributed by atoms with Gasteiger partial charge in [-0.1, -0.05) is 27.7 Å². The van der Waals surface area contributed by atoms with Crippen molar-refractivity contribution in [3.8, 4) is 0 Å². The molecule has 2 heterocycles. The molecule has 0 aromatic carbocycles. The number of ether oxygens (including phenoxy) is 1. The quantitative estimate of drug-likeness (QED) is 0.754. The topological polar surface area (TPSA) is 70.6 Å². The van der Waals surface area contributed by atoms with Crippen molar-refractivity contribution in [2.24, 2.45) is 5.92 Å². The van der Waals surface area contributed by atoms with Gasteiger partial charge in [0.1, 0.15) is 11.6 Å². The van der Waals surface area contributed by atoms with Crippen LogP contribution in [0.4, 0.5) is 10.6 Å². The molecule has 1 saturated heterocycles. The highest BCUT2D eigenvalue weighted by Gasteiger charge is 2.22. The standard InChI is InChI=1S/C19H33N5O2/c1-14(2)13-26-11-6-20-19(25)24-9-7-23(8-10-24)17-12-16(5)21-18(22-17)15(3)4/h12,14-15H,6-11,13H2,1-5H3,(H,20,25). The lowest BCUT2D eigenvalue weighted by molar-refractivity contribution is 0.111. The lowest BCUT2D eigenvalue weighted by atomic mass is 10.2. The van der Waals surface area contributed by atoms with E-state index in [4.69, 9.17) is 9.72 Å². The number of anilines is 1. The molecular weight excluding hydrogens is 330 g/mol. The molecule has 7 nitrogen and oxygen atoms in total. The molecule has 0 bridgehead atoms. The first kappa shape index (κ1) is 20.4. The van der Waals surface area contributed by atoms with Crippen molar-refractivity contribution in [1.82, 2.24) is 20.2 Å². The Hall–Kier alpha value is -1.89. The second kappa shape index (κ2) is 9.71. The highest BCUT2D eigenvalue weighted by atomic mass is 16.5. The molecule has 0 radical (unpaired) electrons. The van der Waals surface area contributed by atoms with E-state index in [1.807, 2.05) is 17.9 Å². The van der Waals surface area contributed by atoms with Crippen molar-refractivity contribution in [2.45, 2.75) is 40.5 Å². The van der Waals surface area contributed by atoms with Gasteiger partial charge in [0, 0.05) is 57.0 Å². The maximum Gasteiger partial charge on any atom is 0.317 e. The Morgan fingerprint density at radius 1 is 1.19 bits per heavy atom. The van der Waals surface area contributed by atoms with E-state index in [1.165, 1.54) is 0 Å². The number of hydrogen-bond acceptors (Lipinski definition) is 5. The van der Waals surface area contributed by atoms with Gasteiger partial charge in [0.2, 0.25) is 0 Å². The van der Waals surface area contributed by atoms with Crippen LogP contribution in [0.1, 0.15) is 45.1 Å². The van der Waals surface area contributed by atoms with E-state index in [0.29, 0.717) is 38.1 Å². The first-order valence-electron chi connectivity index (χ1n) is 9.58. The highest BCUT2D eigenvalue weighted by Crippen LogP contribution is 2.18. The molecule has 1 N–H and O–H groups in total. The van der Waals surface area contributed by atoms with Crippen LogP contribution in [0.15, 0.2) is 6.07 Å². The average molecular weight is 364 g/mol. The smallest absolute Gasteiger partial charge is 0.317 e. The van der Waals surface area contributed by atoms with Crippen LogP contribution in [-0.4, -0.2) is 66.8 Å². The van der Waals surface area contributed by atoms with Gasteiger partial charge in [-0.25, -0.2) is 14.8 Å². The molecule has 0 aliphatic carbocycles. The molecule has 2 amide bonds. The minimum Gasteiger partial charge on any atom is -0.379 e. The Bertz CT molecular complexity index is 583. The summed E-state index contributed by atoms with van der Waals surface area (Å²) in [7, 11) is 0. The Labute approximate surface area is 157 Å². The molecule has 7 heteroatoms. The summed E-state index contributed by atoms with van der Waals surface area (Å²) in [6.07, 6.45) is 0. The van der Waals surface area contributed by atoms with E-state index in [0.717, 1.165) is 37.0 Å². The number of carbonyl (C=O) groups is 1. The zero-order valence-electron chi connectivity index (χ0n) is 16.8. The molecular formula is C19H33N5O2. The van der Waals surface area contributed by atoms with E-state index in [1.54, 1.807) is 0 Å². The van der Waals surface area contributed by atoms with E-state index in [-0.39, 0.29) is 6.03 Å². The number of nitrogens with one attached hydrogen (secondary N) is 1. The van der Waals surface area contributed by atoms with Gasteiger partial charge in [-0.2, -0.15) is 0 Å². The van der Waals surface area contributed by atoms with Crippen LogP contribution in [0, 0.1) is 12.8 Å². The lowest BCUT2D eigenvalue weighted by Crippen LogP contribution is -2.52. The summed E-state index contributed by atoms with van der Waals surface area (Å²) >= 11 is 0. The molecule has 146 valence electrons. The fourth-order valence-electron chi connectivity index (χ4n) is 2.79. The SMILES string of the molecule is Cc1cc(N2CCN(C(=O)NCCOCC(C)C)CC2)nc(C(C)C)n1. The Kier molecular flexibility index (Phi) is 7.63. The van der Waals surface area contributed by atoms with Crippen LogP contribution in [0.5, 0.6) is 0 Å². The molecule has 0 spiro atoms. The van der Waals surface area contributed by atoms with Gasteiger partial charge in [-0.05, 0) is 12.8 Å². The predicted molar refractivity (Wildman–Crippen MR) is 104 cm³/mol. The van der Waals surface area contributed by atoms with E-state index < -0.39 is 0 Å². The van der Waals surface area contributed by atoms with Gasteiger partial charge in [0.25, 0.3) is 0 Å². The van der Waals surface area contributed by atoms with Crippen molar-refractivity contribution in [3.05, 3.63) is 17.6 Å². The van der Waals surface area contributed by atoms with Crippen molar-refractivity contribution in [2.75, 3.05) is 50.8 Å². The number of aromatic nitrogens is 2. The number of urea groups is 1. The van der Waals surface area contributed by atoms with Crippen LogP contribution in [0.3, 0.4) is 0 Å². The third-order valence-corrected chi connectivity index (χ3v) is 4.24. The molecule has 0 atom stereocenters. The number of nitrogens with zero attached hydrogens (tertiary/aromatic N) is 4. The van der Waals surface area contributed by atoms with Crippen LogP contribution >= 0.6 is 0 Å². The van der Waals surface area contributed by atoms with Crippen LogP contribution in [0.2, 0.25) is 0 Å². The molecule has 2 rings (SSSR count). The second-order valence-electron chi connectivity index (χ2n) is 7.56. The first-order chi connectivity index (χ1) is 12.4. The third-order valence-electron chi connectivity index (χ3n) is 4.24. The zero-order chi connectivity index (χ0) is 19.1. The van der Waals surface area contributed by atoms with Gasteiger partial charge in [-0.3, -0.25) is 0 Å². The van der Waals surface area contributed by atoms with Crippen molar-refractivity contribution in [3.63, 3.8) is 0 Å². The Morgan fingerprint density at radius 3 is 2.50 bits per heavy atom. The van der Waals surface area contributed by atoms with Crippen molar-refractivity contribution < 1.29 is 9.53 Å². The molecule has 1 aliphatic heterocycles. The van der Waals surface area contributed by atoms with Crippen LogP contribution in [-0.2, 0) is 4.74 Å². The lowest BCUT2D eigenvalue weighted by Gasteiger charge is -2.35. The second-order valence-corrected chi connectivity index (χ2v) is 7.56. The fourth-order valence-corrected chi connectivity index (χ4v) is 2.79. The molecule has 1 aromatic heterocycles. The summed E-state index contributed by atoms with van der Waals surface area (Å²) in [5, 5.41) is 2.93. The van der Waals surface area contributed by atoms with Gasteiger partial charge in [0.15, 0.2) is 0 Å². The highest BCUT2D eigenvalue weighted by molar-refractivity contribution is 5.74. The van der Waals surface area contributed by atoms with Gasteiger partial charge < -0.3 is 19.9 Å². The summed E-state index contributed by atoms with van der Waals surface area (Å²) in [6.45, 7) is 15.2. The number of aryl methyl sites for hydroxylation is 1. The normalized spacial score (nSPS) is 15.0. The number of rotatable bonds is 7. The van der Waals surface area contributed by atoms with Gasteiger partial charge in [0.05, 0.1) is 6.61 Å². The molecule has 1 fully saturated rings. The largest absolute Gasteiger partial charge is 0.379 e. The monoisotopic (exact) mass is 363 g/mol. The molecule has 26 heavy (non-hydrogen) atoms. The number of piperazine rings is 1. The summed E-state index contributed by atoms with van der Waals surface area (Å²) in [5.74, 6) is 2.66. The van der Waals surface area contributed by atoms with Gasteiger partial charge in [-0.15, -0.1) is 0 Å². The maximum absolute atomic E-state index is 12.3. The predicted octanol–water partition coefficient (Wildman–Crippen LogP) is 2.41. The van der Waals surface area contributed by atoms with Crippen LogP contribution < -0.4 is 10.2 Å². The maximum atomic E-state index is 12.3. The first-order valence-corrected chi connectivity index (χ1v) is 9.58. The minimum atomic E-state index is -0.0143. The number of carbonyl (C=O) groups excluding carboxylic acids is 1. The number of hydrogen-bond donors (Lipinski definition) is 1. The van der Waals surface area contributed by atoms with E-state index in [2.05, 4.69) is 42.9 Å². The summed E-state index contributed by atoms with van der Waals surface area (Å²) in [6, 6.07) is 2.01. The van der Waals surface area contributed by atoms with Crippen LogP contribution in [0.25, 0.3) is 0 Å². The molecule has 0 unspecified atom stereocenters. The molecule has 1 aliphatic rings. The minimum absolute atomic E-state index is 0.0143. The fraction of sp³-hybridized carbons (Fsp3) is 0.737. The third kappa shape index (κ3) is 6.12.